The van der Waals surface area contributed by atoms with E-state index in [1.54, 1.807) is 24.4 Å². The Balaban J connectivity index is 1.86. The number of ether oxygens (including phenoxy) is 1. The highest BCUT2D eigenvalue weighted by atomic mass is 35.5. The first-order chi connectivity index (χ1) is 11.2. The number of rotatable bonds is 4. The van der Waals surface area contributed by atoms with Crippen LogP contribution >= 0.6 is 22.9 Å². The number of aromatic nitrogens is 1. The molecule has 0 saturated carbocycles. The molecule has 0 aliphatic heterocycles. The Kier molecular flexibility index (Phi) is 4.60. The van der Waals surface area contributed by atoms with Gasteiger partial charge in [-0.15, -0.1) is 11.3 Å². The number of phenols is 1. The number of hydrogen-bond donors (Lipinski definition) is 1. The predicted molar refractivity (Wildman–Crippen MR) is 94.5 cm³/mol. The number of hydrogen-bond acceptors (Lipinski definition) is 5. The molecule has 0 spiro atoms. The smallest absolute Gasteiger partial charge is 0.209 e. The Morgan fingerprint density at radius 1 is 1.22 bits per heavy atom. The second-order valence-corrected chi connectivity index (χ2v) is 5.90. The summed E-state index contributed by atoms with van der Waals surface area (Å²) < 4.78 is 5.07. The van der Waals surface area contributed by atoms with Crippen LogP contribution in [0.25, 0.3) is 11.3 Å². The Bertz CT molecular complexity index is 861. The fraction of sp³-hybridized carbons (Fsp3) is 0.0588. The summed E-state index contributed by atoms with van der Waals surface area (Å²) >= 11 is 7.58. The van der Waals surface area contributed by atoms with E-state index in [1.807, 2.05) is 29.6 Å². The largest absolute Gasteiger partial charge is 0.504 e. The van der Waals surface area contributed by atoms with Gasteiger partial charge in [-0.1, -0.05) is 35.9 Å². The summed E-state index contributed by atoms with van der Waals surface area (Å²) in [6.07, 6.45) is 1.56. The molecule has 0 fully saturated rings. The van der Waals surface area contributed by atoms with E-state index in [2.05, 4.69) is 9.98 Å². The number of aliphatic imine (C=N–C) groups is 1. The molecule has 0 atom stereocenters. The first-order valence-electron chi connectivity index (χ1n) is 6.79. The van der Waals surface area contributed by atoms with E-state index in [0.717, 1.165) is 11.3 Å². The third kappa shape index (κ3) is 3.36. The molecule has 3 aromatic rings. The van der Waals surface area contributed by atoms with Gasteiger partial charge in [0.25, 0.3) is 0 Å². The van der Waals surface area contributed by atoms with Gasteiger partial charge in [0, 0.05) is 27.7 Å². The van der Waals surface area contributed by atoms with Crippen molar-refractivity contribution >= 4 is 34.3 Å². The van der Waals surface area contributed by atoms with Crippen LogP contribution in [0.5, 0.6) is 11.5 Å². The third-order valence-corrected chi connectivity index (χ3v) is 4.28. The minimum absolute atomic E-state index is 0.0571. The first-order valence-corrected chi connectivity index (χ1v) is 8.05. The lowest BCUT2D eigenvalue weighted by molar-refractivity contribution is 0.373. The van der Waals surface area contributed by atoms with Crippen LogP contribution in [0, 0.1) is 0 Å². The molecule has 116 valence electrons. The van der Waals surface area contributed by atoms with Gasteiger partial charge in [-0.05, 0) is 18.2 Å². The Morgan fingerprint density at radius 2 is 2.04 bits per heavy atom. The van der Waals surface area contributed by atoms with Gasteiger partial charge in [0.1, 0.15) is 0 Å². The van der Waals surface area contributed by atoms with Gasteiger partial charge in [-0.25, -0.2) is 9.98 Å². The van der Waals surface area contributed by atoms with Crippen LogP contribution in [0.4, 0.5) is 5.13 Å². The first kappa shape index (κ1) is 15.5. The van der Waals surface area contributed by atoms with Crippen LogP contribution < -0.4 is 4.74 Å². The Morgan fingerprint density at radius 3 is 2.83 bits per heavy atom. The van der Waals surface area contributed by atoms with Crippen molar-refractivity contribution in [3.05, 3.63) is 58.4 Å². The van der Waals surface area contributed by atoms with Crippen molar-refractivity contribution in [3.8, 4) is 22.8 Å². The number of para-hydroxylation sites is 1. The van der Waals surface area contributed by atoms with E-state index in [0.29, 0.717) is 21.5 Å². The van der Waals surface area contributed by atoms with Crippen molar-refractivity contribution in [1.82, 2.24) is 4.98 Å². The van der Waals surface area contributed by atoms with Gasteiger partial charge in [-0.3, -0.25) is 0 Å². The maximum atomic E-state index is 10.0. The number of halogens is 1. The molecule has 6 heteroatoms. The van der Waals surface area contributed by atoms with Crippen molar-refractivity contribution < 1.29 is 9.84 Å². The molecule has 4 nitrogen and oxygen atoms in total. The van der Waals surface area contributed by atoms with Crippen LogP contribution in [0.1, 0.15) is 5.56 Å². The molecular formula is C17H13ClN2O2S. The van der Waals surface area contributed by atoms with E-state index in [9.17, 15) is 5.11 Å². The number of benzene rings is 2. The molecule has 0 aliphatic rings. The van der Waals surface area contributed by atoms with Crippen LogP contribution in [-0.4, -0.2) is 23.4 Å². The highest BCUT2D eigenvalue weighted by molar-refractivity contribution is 7.13. The zero-order valence-electron chi connectivity index (χ0n) is 12.2. The molecule has 0 unspecified atom stereocenters. The normalized spacial score (nSPS) is 11.0. The summed E-state index contributed by atoms with van der Waals surface area (Å²) in [5.74, 6) is 0.464. The lowest BCUT2D eigenvalue weighted by atomic mass is 10.2. The van der Waals surface area contributed by atoms with Crippen molar-refractivity contribution in [1.29, 1.82) is 0 Å². The molecule has 0 amide bonds. The fourth-order valence-corrected chi connectivity index (χ4v) is 2.94. The van der Waals surface area contributed by atoms with Crippen LogP contribution in [0.2, 0.25) is 5.02 Å². The van der Waals surface area contributed by atoms with E-state index in [4.69, 9.17) is 16.3 Å². The van der Waals surface area contributed by atoms with Crippen molar-refractivity contribution in [3.63, 3.8) is 0 Å². The number of methoxy groups -OCH3 is 1. The van der Waals surface area contributed by atoms with Crippen molar-refractivity contribution in [2.45, 2.75) is 0 Å². The molecule has 0 aliphatic carbocycles. The Labute approximate surface area is 142 Å². The Hall–Kier alpha value is -2.37. The van der Waals surface area contributed by atoms with Crippen LogP contribution in [0.15, 0.2) is 52.8 Å². The summed E-state index contributed by atoms with van der Waals surface area (Å²) in [6.45, 7) is 0. The average molecular weight is 345 g/mol. The highest BCUT2D eigenvalue weighted by Gasteiger charge is 2.08. The molecule has 1 aromatic heterocycles. The van der Waals surface area contributed by atoms with E-state index in [1.165, 1.54) is 18.4 Å². The topological polar surface area (TPSA) is 54.7 Å². The zero-order valence-corrected chi connectivity index (χ0v) is 13.8. The molecule has 0 bridgehead atoms. The molecule has 2 aromatic carbocycles. The van der Waals surface area contributed by atoms with Gasteiger partial charge in [0.15, 0.2) is 11.5 Å². The van der Waals surface area contributed by atoms with E-state index >= 15 is 0 Å². The molecule has 1 N–H and O–H groups in total. The van der Waals surface area contributed by atoms with E-state index in [-0.39, 0.29) is 5.75 Å². The molecule has 1 heterocycles. The van der Waals surface area contributed by atoms with E-state index < -0.39 is 0 Å². The highest BCUT2D eigenvalue weighted by Crippen LogP contribution is 2.32. The summed E-state index contributed by atoms with van der Waals surface area (Å²) in [5, 5.41) is 13.2. The fourth-order valence-electron chi connectivity index (χ4n) is 2.05. The molecule has 0 radical (unpaired) electrons. The predicted octanol–water partition coefficient (Wildman–Crippen LogP) is 4.93. The lowest BCUT2D eigenvalue weighted by Crippen LogP contribution is -1.88. The monoisotopic (exact) mass is 344 g/mol. The third-order valence-electron chi connectivity index (χ3n) is 3.21. The zero-order chi connectivity index (χ0) is 16.2. The summed E-state index contributed by atoms with van der Waals surface area (Å²) in [6, 6.07) is 12.8. The van der Waals surface area contributed by atoms with Crippen LogP contribution in [0.3, 0.4) is 0 Å². The summed E-state index contributed by atoms with van der Waals surface area (Å²) in [4.78, 5) is 8.76. The minimum atomic E-state index is 0.0571. The summed E-state index contributed by atoms with van der Waals surface area (Å²) in [7, 11) is 1.51. The molecule has 23 heavy (non-hydrogen) atoms. The summed E-state index contributed by atoms with van der Waals surface area (Å²) in [5.41, 5.74) is 2.22. The van der Waals surface area contributed by atoms with Gasteiger partial charge < -0.3 is 9.84 Å². The molecule has 0 saturated heterocycles. The minimum Gasteiger partial charge on any atom is -0.504 e. The number of nitrogens with zero attached hydrogens (tertiary/aromatic N) is 2. The second kappa shape index (κ2) is 6.81. The maximum absolute atomic E-state index is 10.0. The van der Waals surface area contributed by atoms with Crippen molar-refractivity contribution in [2.75, 3.05) is 7.11 Å². The standard InChI is InChI=1S/C17H13ClN2O2S/c1-22-15-8-4-5-11(16(15)21)9-19-17-20-14(10-23-17)12-6-2-3-7-13(12)18/h2-10,21H,1H3/b19-9-. The van der Waals surface area contributed by atoms with Crippen molar-refractivity contribution in [2.24, 2.45) is 4.99 Å². The SMILES string of the molecule is COc1cccc(/C=N\c2nc(-c3ccccc3Cl)cs2)c1O. The number of aromatic hydroxyl groups is 1. The molecule has 3 rings (SSSR count). The number of phenolic OH excluding ortho intramolecular Hbond substituents is 1. The lowest BCUT2D eigenvalue weighted by Gasteiger charge is -2.04. The van der Waals surface area contributed by atoms with Gasteiger partial charge in [0.2, 0.25) is 5.13 Å². The quantitative estimate of drug-likeness (QED) is 0.683. The van der Waals surface area contributed by atoms with Gasteiger partial charge in [0.05, 0.1) is 12.8 Å². The van der Waals surface area contributed by atoms with Gasteiger partial charge >= 0.3 is 0 Å². The van der Waals surface area contributed by atoms with Crippen LogP contribution in [-0.2, 0) is 0 Å². The number of thiazole rings is 1. The molecular weight excluding hydrogens is 332 g/mol. The second-order valence-electron chi connectivity index (χ2n) is 4.65. The van der Waals surface area contributed by atoms with Gasteiger partial charge in [-0.2, -0.15) is 0 Å². The maximum Gasteiger partial charge on any atom is 0.209 e. The average Bonchev–Trinajstić information content (AvgIpc) is 3.03.